The molecule has 4 heteroatoms. The summed E-state index contributed by atoms with van der Waals surface area (Å²) in [5, 5.41) is 2.07. The topological polar surface area (TPSA) is 33.5 Å². The zero-order valence-electron chi connectivity index (χ0n) is 13.0. The van der Waals surface area contributed by atoms with E-state index in [4.69, 9.17) is 4.42 Å². The third-order valence-electron chi connectivity index (χ3n) is 3.83. The van der Waals surface area contributed by atoms with Crippen molar-refractivity contribution in [2.75, 3.05) is 0 Å². The molecule has 0 saturated carbocycles. The van der Waals surface area contributed by atoms with Gasteiger partial charge in [0.15, 0.2) is 0 Å². The second-order valence-electron chi connectivity index (χ2n) is 5.56. The monoisotopic (exact) mass is 325 g/mol. The number of hydrogen-bond donors (Lipinski definition) is 0. The van der Waals surface area contributed by atoms with Crippen LogP contribution >= 0.6 is 11.3 Å². The van der Waals surface area contributed by atoms with Crippen LogP contribution in [-0.2, 0) is 13.0 Å². The van der Waals surface area contributed by atoms with Crippen LogP contribution in [0.25, 0.3) is 0 Å². The zero-order valence-corrected chi connectivity index (χ0v) is 13.8. The molecule has 0 aliphatic rings. The van der Waals surface area contributed by atoms with Crippen molar-refractivity contribution < 1.29 is 9.21 Å². The molecule has 3 nitrogen and oxygen atoms in total. The van der Waals surface area contributed by atoms with Crippen molar-refractivity contribution in [2.24, 2.45) is 0 Å². The summed E-state index contributed by atoms with van der Waals surface area (Å²) >= 11 is 1.73. The molecule has 1 atom stereocenters. The van der Waals surface area contributed by atoms with Crippen molar-refractivity contribution in [2.45, 2.75) is 25.9 Å². The predicted molar refractivity (Wildman–Crippen MR) is 92.5 cm³/mol. The van der Waals surface area contributed by atoms with E-state index >= 15 is 0 Å². The van der Waals surface area contributed by atoms with Gasteiger partial charge in [-0.1, -0.05) is 36.4 Å². The van der Waals surface area contributed by atoms with E-state index in [0.29, 0.717) is 12.1 Å². The molecule has 2 heterocycles. The zero-order chi connectivity index (χ0) is 16.1. The summed E-state index contributed by atoms with van der Waals surface area (Å²) < 4.78 is 5.08. The number of amides is 1. The van der Waals surface area contributed by atoms with E-state index in [1.54, 1.807) is 17.4 Å². The normalized spacial score (nSPS) is 12.0. The van der Waals surface area contributed by atoms with Crippen molar-refractivity contribution in [3.63, 3.8) is 0 Å². The van der Waals surface area contributed by atoms with Gasteiger partial charge in [0.05, 0.1) is 11.8 Å². The maximum Gasteiger partial charge on any atom is 0.257 e. The second kappa shape index (κ2) is 7.29. The lowest BCUT2D eigenvalue weighted by Gasteiger charge is -2.29. The van der Waals surface area contributed by atoms with Crippen LogP contribution in [0.4, 0.5) is 0 Å². The first-order valence-electron chi connectivity index (χ1n) is 7.63. The fourth-order valence-electron chi connectivity index (χ4n) is 2.59. The van der Waals surface area contributed by atoms with E-state index < -0.39 is 0 Å². The Morgan fingerprint density at radius 3 is 2.65 bits per heavy atom. The molecule has 0 saturated heterocycles. The summed E-state index contributed by atoms with van der Waals surface area (Å²) in [7, 11) is 0. The van der Waals surface area contributed by atoms with Gasteiger partial charge >= 0.3 is 0 Å². The summed E-state index contributed by atoms with van der Waals surface area (Å²) in [5.41, 5.74) is 1.72. The Kier molecular flexibility index (Phi) is 4.93. The van der Waals surface area contributed by atoms with E-state index in [-0.39, 0.29) is 11.9 Å². The minimum Gasteiger partial charge on any atom is -0.472 e. The van der Waals surface area contributed by atoms with Crippen LogP contribution in [0, 0.1) is 0 Å². The number of carbonyl (C=O) groups excluding carboxylic acids is 1. The Balaban J connectivity index is 1.81. The maximum absolute atomic E-state index is 12.8. The minimum absolute atomic E-state index is 0.00617. The molecule has 0 aliphatic heterocycles. The summed E-state index contributed by atoms with van der Waals surface area (Å²) in [6.07, 6.45) is 3.91. The molecule has 0 spiro atoms. The average Bonchev–Trinajstić information content (AvgIpc) is 3.26. The highest BCUT2D eigenvalue weighted by Gasteiger charge is 2.23. The van der Waals surface area contributed by atoms with Crippen molar-refractivity contribution in [1.29, 1.82) is 0 Å². The van der Waals surface area contributed by atoms with Gasteiger partial charge in [-0.3, -0.25) is 4.79 Å². The highest BCUT2D eigenvalue weighted by Crippen LogP contribution is 2.19. The molecule has 0 bridgehead atoms. The molecule has 118 valence electrons. The second-order valence-corrected chi connectivity index (χ2v) is 6.60. The van der Waals surface area contributed by atoms with Gasteiger partial charge in [0.1, 0.15) is 6.26 Å². The van der Waals surface area contributed by atoms with Gasteiger partial charge in [-0.25, -0.2) is 0 Å². The predicted octanol–water partition coefficient (Wildman–Crippen LogP) is 4.61. The van der Waals surface area contributed by atoms with Gasteiger partial charge < -0.3 is 9.32 Å². The number of rotatable bonds is 6. The van der Waals surface area contributed by atoms with Crippen molar-refractivity contribution >= 4 is 17.2 Å². The summed E-state index contributed by atoms with van der Waals surface area (Å²) in [5.74, 6) is 0.00617. The highest BCUT2D eigenvalue weighted by molar-refractivity contribution is 7.09. The lowest BCUT2D eigenvalue weighted by atomic mass is 10.1. The molecule has 0 fully saturated rings. The third-order valence-corrected chi connectivity index (χ3v) is 4.73. The summed E-state index contributed by atoms with van der Waals surface area (Å²) in [6, 6.07) is 16.1. The minimum atomic E-state index is 0.00617. The van der Waals surface area contributed by atoms with E-state index in [2.05, 4.69) is 18.4 Å². The first-order chi connectivity index (χ1) is 11.2. The van der Waals surface area contributed by atoms with Gasteiger partial charge in [-0.15, -0.1) is 11.3 Å². The van der Waals surface area contributed by atoms with Gasteiger partial charge in [0, 0.05) is 23.9 Å². The molecule has 3 rings (SSSR count). The van der Waals surface area contributed by atoms with Gasteiger partial charge in [-0.2, -0.15) is 0 Å². The number of hydrogen-bond acceptors (Lipinski definition) is 3. The number of furan rings is 1. The molecule has 0 unspecified atom stereocenters. The molecule has 1 amide bonds. The van der Waals surface area contributed by atoms with Crippen LogP contribution in [0.2, 0.25) is 0 Å². The lowest BCUT2D eigenvalue weighted by Crippen LogP contribution is -2.39. The van der Waals surface area contributed by atoms with Crippen molar-refractivity contribution in [1.82, 2.24) is 4.90 Å². The molecular weight excluding hydrogens is 306 g/mol. The molecule has 23 heavy (non-hydrogen) atoms. The number of benzene rings is 1. The van der Waals surface area contributed by atoms with Crippen LogP contribution in [0.15, 0.2) is 70.9 Å². The molecule has 0 aliphatic carbocycles. The smallest absolute Gasteiger partial charge is 0.257 e. The molecule has 0 N–H and O–H groups in total. The van der Waals surface area contributed by atoms with Crippen LogP contribution in [0.1, 0.15) is 27.7 Å². The molecule has 1 aromatic carbocycles. The summed E-state index contributed by atoms with van der Waals surface area (Å²) in [6.45, 7) is 2.69. The van der Waals surface area contributed by atoms with Gasteiger partial charge in [0.2, 0.25) is 0 Å². The Morgan fingerprint density at radius 1 is 1.17 bits per heavy atom. The van der Waals surface area contributed by atoms with E-state index in [1.165, 1.54) is 17.4 Å². The lowest BCUT2D eigenvalue weighted by molar-refractivity contribution is 0.0675. The SMILES string of the molecule is C[C@@H](Cc1cccs1)N(Cc1ccccc1)C(=O)c1ccoc1. The Labute approximate surface area is 140 Å². The average molecular weight is 325 g/mol. The summed E-state index contributed by atoms with van der Waals surface area (Å²) in [4.78, 5) is 16.1. The first-order valence-corrected chi connectivity index (χ1v) is 8.51. The van der Waals surface area contributed by atoms with Gasteiger partial charge in [0.25, 0.3) is 5.91 Å². The van der Waals surface area contributed by atoms with Gasteiger partial charge in [-0.05, 0) is 30.0 Å². The first kappa shape index (κ1) is 15.6. The van der Waals surface area contributed by atoms with Crippen molar-refractivity contribution in [3.8, 4) is 0 Å². The fraction of sp³-hybridized carbons (Fsp3) is 0.211. The number of carbonyl (C=O) groups is 1. The molecule has 2 aromatic heterocycles. The van der Waals surface area contributed by atoms with Crippen LogP contribution < -0.4 is 0 Å². The van der Waals surface area contributed by atoms with Crippen LogP contribution in [0.3, 0.4) is 0 Å². The van der Waals surface area contributed by atoms with E-state index in [1.807, 2.05) is 41.3 Å². The highest BCUT2D eigenvalue weighted by atomic mass is 32.1. The standard InChI is InChI=1S/C19H19NO2S/c1-15(12-18-8-5-11-23-18)20(13-16-6-3-2-4-7-16)19(21)17-9-10-22-14-17/h2-11,14-15H,12-13H2,1H3/t15-/m0/s1. The quantitative estimate of drug-likeness (QED) is 0.663. The molecular formula is C19H19NO2S. The molecule has 0 radical (unpaired) electrons. The Morgan fingerprint density at radius 2 is 2.00 bits per heavy atom. The number of thiophene rings is 1. The largest absolute Gasteiger partial charge is 0.472 e. The number of nitrogens with zero attached hydrogens (tertiary/aromatic N) is 1. The fourth-order valence-corrected chi connectivity index (χ4v) is 3.42. The van der Waals surface area contributed by atoms with Crippen LogP contribution in [0.5, 0.6) is 0 Å². The third kappa shape index (κ3) is 3.90. The van der Waals surface area contributed by atoms with Crippen LogP contribution in [-0.4, -0.2) is 16.8 Å². The van der Waals surface area contributed by atoms with E-state index in [0.717, 1.165) is 12.0 Å². The maximum atomic E-state index is 12.8. The Hall–Kier alpha value is -2.33. The van der Waals surface area contributed by atoms with Crippen molar-refractivity contribution in [3.05, 3.63) is 82.4 Å². The van der Waals surface area contributed by atoms with E-state index in [9.17, 15) is 4.79 Å². The molecule has 3 aromatic rings. The Bertz CT molecular complexity index is 720.